The average molecular weight is 193 g/mol. The molecule has 2 N–H and O–H groups in total. The highest BCUT2D eigenvalue weighted by Crippen LogP contribution is 2.20. The summed E-state index contributed by atoms with van der Waals surface area (Å²) in [4.78, 5) is 0. The molecule has 0 aromatic heterocycles. The number of aryl methyl sites for hydroxylation is 2. The van der Waals surface area contributed by atoms with Crippen molar-refractivity contribution >= 4 is 0 Å². The molecule has 1 aromatic rings. The summed E-state index contributed by atoms with van der Waals surface area (Å²) in [7, 11) is 1.90. The number of aliphatic hydroxyl groups is 1. The molecule has 1 rings (SSSR count). The van der Waals surface area contributed by atoms with Crippen molar-refractivity contribution in [1.82, 2.24) is 5.32 Å². The number of benzene rings is 1. The minimum atomic E-state index is -0.344. The molecule has 0 aliphatic heterocycles. The van der Waals surface area contributed by atoms with Gasteiger partial charge in [0.25, 0.3) is 0 Å². The van der Waals surface area contributed by atoms with Gasteiger partial charge in [-0.15, -0.1) is 0 Å². The Morgan fingerprint density at radius 3 is 2.64 bits per heavy atom. The number of rotatable bonds is 4. The molecule has 0 saturated carbocycles. The van der Waals surface area contributed by atoms with Gasteiger partial charge in [-0.25, -0.2) is 0 Å². The quantitative estimate of drug-likeness (QED) is 0.766. The minimum Gasteiger partial charge on any atom is -0.388 e. The first kappa shape index (κ1) is 11.2. The summed E-state index contributed by atoms with van der Waals surface area (Å²) in [5.74, 6) is 0. The van der Waals surface area contributed by atoms with E-state index in [1.807, 2.05) is 26.1 Å². The van der Waals surface area contributed by atoms with Crippen LogP contribution in [0.4, 0.5) is 0 Å². The van der Waals surface area contributed by atoms with Crippen molar-refractivity contribution in [3.05, 3.63) is 34.9 Å². The third-order valence-corrected chi connectivity index (χ3v) is 2.45. The third kappa shape index (κ3) is 2.82. The fraction of sp³-hybridized carbons (Fsp3) is 0.500. The summed E-state index contributed by atoms with van der Waals surface area (Å²) >= 11 is 0. The zero-order valence-electron chi connectivity index (χ0n) is 9.17. The van der Waals surface area contributed by atoms with Crippen LogP contribution in [0.3, 0.4) is 0 Å². The fourth-order valence-electron chi connectivity index (χ4n) is 1.64. The van der Waals surface area contributed by atoms with Crippen LogP contribution < -0.4 is 5.32 Å². The molecule has 0 saturated heterocycles. The van der Waals surface area contributed by atoms with Gasteiger partial charge in [-0.1, -0.05) is 23.8 Å². The Bertz CT molecular complexity index is 296. The zero-order chi connectivity index (χ0) is 10.6. The fourth-order valence-corrected chi connectivity index (χ4v) is 1.64. The van der Waals surface area contributed by atoms with Gasteiger partial charge < -0.3 is 10.4 Å². The second-order valence-corrected chi connectivity index (χ2v) is 3.77. The molecule has 0 heterocycles. The van der Waals surface area contributed by atoms with E-state index < -0.39 is 0 Å². The average Bonchev–Trinajstić information content (AvgIpc) is 2.14. The van der Waals surface area contributed by atoms with Crippen LogP contribution in [-0.4, -0.2) is 18.7 Å². The highest BCUT2D eigenvalue weighted by Gasteiger charge is 2.09. The third-order valence-electron chi connectivity index (χ3n) is 2.45. The highest BCUT2D eigenvalue weighted by molar-refractivity contribution is 5.31. The van der Waals surface area contributed by atoms with Gasteiger partial charge >= 0.3 is 0 Å². The van der Waals surface area contributed by atoms with Gasteiger partial charge in [-0.05, 0) is 45.0 Å². The van der Waals surface area contributed by atoms with E-state index in [-0.39, 0.29) is 6.10 Å². The normalized spacial score (nSPS) is 12.9. The van der Waals surface area contributed by atoms with E-state index in [1.165, 1.54) is 11.1 Å². The minimum absolute atomic E-state index is 0.344. The van der Waals surface area contributed by atoms with E-state index in [1.54, 1.807) is 0 Å². The zero-order valence-corrected chi connectivity index (χ0v) is 9.17. The number of hydrogen-bond acceptors (Lipinski definition) is 2. The molecule has 0 bridgehead atoms. The van der Waals surface area contributed by atoms with Crippen molar-refractivity contribution in [3.63, 3.8) is 0 Å². The van der Waals surface area contributed by atoms with E-state index in [2.05, 4.69) is 18.3 Å². The van der Waals surface area contributed by atoms with Crippen molar-refractivity contribution in [1.29, 1.82) is 0 Å². The Morgan fingerprint density at radius 1 is 1.36 bits per heavy atom. The molecule has 2 nitrogen and oxygen atoms in total. The van der Waals surface area contributed by atoms with Crippen LogP contribution >= 0.6 is 0 Å². The van der Waals surface area contributed by atoms with E-state index in [0.717, 1.165) is 18.5 Å². The first-order valence-corrected chi connectivity index (χ1v) is 5.05. The lowest BCUT2D eigenvalue weighted by atomic mass is 9.99. The second-order valence-electron chi connectivity index (χ2n) is 3.77. The Hall–Kier alpha value is -0.860. The molecule has 1 aromatic carbocycles. The first-order valence-electron chi connectivity index (χ1n) is 5.05. The van der Waals surface area contributed by atoms with Gasteiger partial charge in [0.15, 0.2) is 0 Å². The van der Waals surface area contributed by atoms with Crippen molar-refractivity contribution in [2.45, 2.75) is 26.4 Å². The summed E-state index contributed by atoms with van der Waals surface area (Å²) in [6.07, 6.45) is 0.420. The molecule has 0 amide bonds. The number of aliphatic hydroxyl groups excluding tert-OH is 1. The lowest BCUT2D eigenvalue weighted by Gasteiger charge is -2.13. The van der Waals surface area contributed by atoms with Gasteiger partial charge in [0, 0.05) is 0 Å². The maximum atomic E-state index is 9.88. The van der Waals surface area contributed by atoms with Gasteiger partial charge in [0.2, 0.25) is 0 Å². The molecule has 0 radical (unpaired) electrons. The Kier molecular flexibility index (Phi) is 4.11. The highest BCUT2D eigenvalue weighted by atomic mass is 16.3. The van der Waals surface area contributed by atoms with E-state index in [9.17, 15) is 5.11 Å². The van der Waals surface area contributed by atoms with Crippen molar-refractivity contribution < 1.29 is 5.11 Å². The summed E-state index contributed by atoms with van der Waals surface area (Å²) in [5, 5.41) is 12.9. The number of hydrogen-bond donors (Lipinski definition) is 2. The summed E-state index contributed by atoms with van der Waals surface area (Å²) in [6.45, 7) is 4.95. The van der Waals surface area contributed by atoms with Gasteiger partial charge in [-0.2, -0.15) is 0 Å². The molecule has 0 spiro atoms. The maximum absolute atomic E-state index is 9.88. The van der Waals surface area contributed by atoms with Gasteiger partial charge in [0.05, 0.1) is 6.10 Å². The lowest BCUT2D eigenvalue weighted by Crippen LogP contribution is -2.12. The van der Waals surface area contributed by atoms with Crippen LogP contribution in [0.2, 0.25) is 0 Å². The van der Waals surface area contributed by atoms with E-state index in [4.69, 9.17) is 0 Å². The molecule has 2 heteroatoms. The summed E-state index contributed by atoms with van der Waals surface area (Å²) < 4.78 is 0. The van der Waals surface area contributed by atoms with Crippen LogP contribution in [0, 0.1) is 13.8 Å². The van der Waals surface area contributed by atoms with Crippen LogP contribution in [-0.2, 0) is 0 Å². The van der Waals surface area contributed by atoms with Crippen molar-refractivity contribution in [2.24, 2.45) is 0 Å². The van der Waals surface area contributed by atoms with Crippen molar-refractivity contribution in [2.75, 3.05) is 13.6 Å². The Morgan fingerprint density at radius 2 is 2.07 bits per heavy atom. The molecular weight excluding hydrogens is 174 g/mol. The lowest BCUT2D eigenvalue weighted by molar-refractivity contribution is 0.167. The van der Waals surface area contributed by atoms with Crippen LogP contribution in [0.1, 0.15) is 29.2 Å². The largest absolute Gasteiger partial charge is 0.388 e. The van der Waals surface area contributed by atoms with Crippen LogP contribution in [0.5, 0.6) is 0 Å². The second kappa shape index (κ2) is 5.13. The summed E-state index contributed by atoms with van der Waals surface area (Å²) in [6, 6.07) is 6.17. The molecular formula is C12H19NO. The van der Waals surface area contributed by atoms with Crippen LogP contribution in [0.15, 0.2) is 18.2 Å². The molecule has 14 heavy (non-hydrogen) atoms. The molecule has 0 fully saturated rings. The monoisotopic (exact) mass is 193 g/mol. The summed E-state index contributed by atoms with van der Waals surface area (Å²) in [5.41, 5.74) is 3.46. The molecule has 0 aliphatic carbocycles. The Balaban J connectivity index is 2.74. The predicted molar refractivity (Wildman–Crippen MR) is 59.4 cm³/mol. The number of nitrogens with one attached hydrogen (secondary N) is 1. The predicted octanol–water partition coefficient (Wildman–Crippen LogP) is 1.95. The van der Waals surface area contributed by atoms with E-state index >= 15 is 0 Å². The SMILES string of the molecule is CNCCC(O)c1ccc(C)cc1C. The van der Waals surface area contributed by atoms with E-state index in [0.29, 0.717) is 0 Å². The van der Waals surface area contributed by atoms with Crippen molar-refractivity contribution in [3.8, 4) is 0 Å². The van der Waals surface area contributed by atoms with Gasteiger partial charge in [0.1, 0.15) is 0 Å². The molecule has 1 atom stereocenters. The standard InChI is InChI=1S/C12H19NO/c1-9-4-5-11(10(2)8-9)12(14)6-7-13-3/h4-5,8,12-14H,6-7H2,1-3H3. The Labute approximate surface area is 86.0 Å². The topological polar surface area (TPSA) is 32.3 Å². The smallest absolute Gasteiger partial charge is 0.0804 e. The van der Waals surface area contributed by atoms with Gasteiger partial charge in [-0.3, -0.25) is 0 Å². The molecule has 0 aliphatic rings. The molecule has 78 valence electrons. The first-order chi connectivity index (χ1) is 6.65. The molecule has 1 unspecified atom stereocenters. The van der Waals surface area contributed by atoms with Crippen LogP contribution in [0.25, 0.3) is 0 Å². The maximum Gasteiger partial charge on any atom is 0.0804 e.